The maximum absolute atomic E-state index is 11.8. The van der Waals surface area contributed by atoms with E-state index in [4.69, 9.17) is 9.47 Å². The zero-order chi connectivity index (χ0) is 18.2. The van der Waals surface area contributed by atoms with Gasteiger partial charge in [0.1, 0.15) is 5.60 Å². The number of hydrogen-bond acceptors (Lipinski definition) is 5. The third kappa shape index (κ3) is 7.80. The number of rotatable bonds is 7. The van der Waals surface area contributed by atoms with Gasteiger partial charge in [0.2, 0.25) is 11.8 Å². The summed E-state index contributed by atoms with van der Waals surface area (Å²) in [4.78, 5) is 29.2. The van der Waals surface area contributed by atoms with Gasteiger partial charge in [0.05, 0.1) is 7.11 Å². The average molecular weight is 337 g/mol. The van der Waals surface area contributed by atoms with Crippen molar-refractivity contribution in [3.8, 4) is 5.88 Å². The van der Waals surface area contributed by atoms with Crippen LogP contribution in [-0.4, -0.2) is 48.2 Å². The van der Waals surface area contributed by atoms with Gasteiger partial charge in [0, 0.05) is 38.8 Å². The molecule has 1 N–H and O–H groups in total. The Bertz CT molecular complexity index is 538. The highest BCUT2D eigenvalue weighted by Crippen LogP contribution is 2.09. The lowest BCUT2D eigenvalue weighted by Crippen LogP contribution is -2.35. The highest BCUT2D eigenvalue weighted by atomic mass is 16.6. The number of nitrogens with zero attached hydrogens (tertiary/aromatic N) is 2. The van der Waals surface area contributed by atoms with Crippen LogP contribution in [-0.2, 0) is 16.1 Å². The van der Waals surface area contributed by atoms with Crippen molar-refractivity contribution >= 4 is 12.0 Å². The third-order valence-corrected chi connectivity index (χ3v) is 3.10. The second-order valence-electron chi connectivity index (χ2n) is 6.49. The molecule has 0 aliphatic rings. The van der Waals surface area contributed by atoms with Crippen molar-refractivity contribution in [2.45, 2.75) is 45.8 Å². The lowest BCUT2D eigenvalue weighted by atomic mass is 10.2. The van der Waals surface area contributed by atoms with Gasteiger partial charge in [0.25, 0.3) is 0 Å². The molecule has 7 heteroatoms. The van der Waals surface area contributed by atoms with Gasteiger partial charge < -0.3 is 19.7 Å². The first-order chi connectivity index (χ1) is 11.2. The Balaban J connectivity index is 2.24. The van der Waals surface area contributed by atoms with E-state index in [1.54, 1.807) is 26.4 Å². The maximum Gasteiger partial charge on any atom is 0.410 e. The summed E-state index contributed by atoms with van der Waals surface area (Å²) in [6.07, 6.45) is 2.20. The number of hydrogen-bond donors (Lipinski definition) is 1. The summed E-state index contributed by atoms with van der Waals surface area (Å²) < 4.78 is 10.2. The average Bonchev–Trinajstić information content (AvgIpc) is 2.51. The van der Waals surface area contributed by atoms with Crippen molar-refractivity contribution < 1.29 is 19.1 Å². The minimum absolute atomic E-state index is 0.0663. The summed E-state index contributed by atoms with van der Waals surface area (Å²) >= 11 is 0. The van der Waals surface area contributed by atoms with Gasteiger partial charge in [0.15, 0.2) is 0 Å². The maximum atomic E-state index is 11.8. The molecule has 0 aliphatic heterocycles. The van der Waals surface area contributed by atoms with E-state index in [-0.39, 0.29) is 12.0 Å². The highest BCUT2D eigenvalue weighted by molar-refractivity contribution is 5.76. The van der Waals surface area contributed by atoms with Crippen LogP contribution in [0, 0.1) is 0 Å². The molecule has 0 unspecified atom stereocenters. The van der Waals surface area contributed by atoms with E-state index in [0.717, 1.165) is 5.56 Å². The molecule has 134 valence electrons. The Morgan fingerprint density at radius 2 is 2.00 bits per heavy atom. The van der Waals surface area contributed by atoms with Crippen molar-refractivity contribution in [2.24, 2.45) is 0 Å². The van der Waals surface area contributed by atoms with Gasteiger partial charge in [-0.3, -0.25) is 4.79 Å². The van der Waals surface area contributed by atoms with E-state index in [2.05, 4.69) is 10.3 Å². The first-order valence-electron chi connectivity index (χ1n) is 7.91. The van der Waals surface area contributed by atoms with E-state index in [0.29, 0.717) is 31.8 Å². The number of aromatic nitrogens is 1. The number of methoxy groups -OCH3 is 1. The fraction of sp³-hybridized carbons (Fsp3) is 0.588. The van der Waals surface area contributed by atoms with E-state index < -0.39 is 5.60 Å². The molecule has 1 heterocycles. The standard InChI is InChI=1S/C17H27N3O4/c1-17(2,3)24-16(22)20(4)10-6-7-14(21)18-11-13-8-9-15(23-5)19-12-13/h8-9,12H,6-7,10-11H2,1-5H3,(H,18,21). The topological polar surface area (TPSA) is 80.8 Å². The summed E-state index contributed by atoms with van der Waals surface area (Å²) in [7, 11) is 3.22. The first-order valence-corrected chi connectivity index (χ1v) is 7.91. The molecule has 0 saturated carbocycles. The van der Waals surface area contributed by atoms with Crippen molar-refractivity contribution in [3.05, 3.63) is 23.9 Å². The molecule has 0 spiro atoms. The predicted molar refractivity (Wildman–Crippen MR) is 90.7 cm³/mol. The fourth-order valence-corrected chi connectivity index (χ4v) is 1.83. The van der Waals surface area contributed by atoms with Crippen LogP contribution in [0.4, 0.5) is 4.79 Å². The molecule has 24 heavy (non-hydrogen) atoms. The van der Waals surface area contributed by atoms with Crippen LogP contribution in [0.25, 0.3) is 0 Å². The van der Waals surface area contributed by atoms with Crippen molar-refractivity contribution in [2.75, 3.05) is 20.7 Å². The van der Waals surface area contributed by atoms with Crippen molar-refractivity contribution in [3.63, 3.8) is 0 Å². The van der Waals surface area contributed by atoms with Gasteiger partial charge in [-0.15, -0.1) is 0 Å². The zero-order valence-corrected chi connectivity index (χ0v) is 15.1. The number of carbonyl (C=O) groups excluding carboxylic acids is 2. The van der Waals surface area contributed by atoms with Crippen molar-refractivity contribution in [1.82, 2.24) is 15.2 Å². The molecule has 0 bridgehead atoms. The van der Waals surface area contributed by atoms with E-state index in [1.807, 2.05) is 26.8 Å². The molecule has 7 nitrogen and oxygen atoms in total. The van der Waals surface area contributed by atoms with E-state index >= 15 is 0 Å². The van der Waals surface area contributed by atoms with Crippen LogP contribution in [0.1, 0.15) is 39.2 Å². The Hall–Kier alpha value is -2.31. The largest absolute Gasteiger partial charge is 0.481 e. The van der Waals surface area contributed by atoms with Gasteiger partial charge in [-0.1, -0.05) is 6.07 Å². The number of amides is 2. The molecule has 0 radical (unpaired) electrons. The second-order valence-corrected chi connectivity index (χ2v) is 6.49. The number of ether oxygens (including phenoxy) is 2. The Morgan fingerprint density at radius 3 is 2.54 bits per heavy atom. The smallest absolute Gasteiger partial charge is 0.410 e. The molecule has 0 atom stereocenters. The summed E-state index contributed by atoms with van der Waals surface area (Å²) in [5.41, 5.74) is 0.379. The third-order valence-electron chi connectivity index (χ3n) is 3.10. The van der Waals surface area contributed by atoms with Gasteiger partial charge in [-0.25, -0.2) is 9.78 Å². The Kier molecular flexibility index (Phi) is 7.48. The normalized spacial score (nSPS) is 10.9. The molecular formula is C17H27N3O4. The Morgan fingerprint density at radius 1 is 1.29 bits per heavy atom. The second kappa shape index (κ2) is 9.10. The SMILES string of the molecule is COc1ccc(CNC(=O)CCCN(C)C(=O)OC(C)(C)C)cn1. The lowest BCUT2D eigenvalue weighted by molar-refractivity contribution is -0.121. The number of nitrogens with one attached hydrogen (secondary N) is 1. The first kappa shape index (κ1) is 19.7. The summed E-state index contributed by atoms with van der Waals surface area (Å²) in [6.45, 7) is 6.34. The molecule has 2 amide bonds. The van der Waals surface area contributed by atoms with E-state index in [1.165, 1.54) is 4.90 Å². The van der Waals surface area contributed by atoms with E-state index in [9.17, 15) is 9.59 Å². The molecule has 1 rings (SSSR count). The van der Waals surface area contributed by atoms with Crippen LogP contribution in [0.15, 0.2) is 18.3 Å². The highest BCUT2D eigenvalue weighted by Gasteiger charge is 2.19. The number of carbonyl (C=O) groups is 2. The number of pyridine rings is 1. The van der Waals surface area contributed by atoms with Crippen LogP contribution in [0.5, 0.6) is 5.88 Å². The van der Waals surface area contributed by atoms with Gasteiger partial charge in [-0.05, 0) is 32.8 Å². The molecule has 0 saturated heterocycles. The van der Waals surface area contributed by atoms with Crippen LogP contribution >= 0.6 is 0 Å². The summed E-state index contributed by atoms with van der Waals surface area (Å²) in [5.74, 6) is 0.471. The minimum Gasteiger partial charge on any atom is -0.481 e. The quantitative estimate of drug-likeness (QED) is 0.826. The van der Waals surface area contributed by atoms with Crippen LogP contribution < -0.4 is 10.1 Å². The van der Waals surface area contributed by atoms with Gasteiger partial charge >= 0.3 is 6.09 Å². The Labute approximate surface area is 143 Å². The fourth-order valence-electron chi connectivity index (χ4n) is 1.83. The summed E-state index contributed by atoms with van der Waals surface area (Å²) in [5, 5.41) is 2.82. The molecule has 0 aromatic carbocycles. The zero-order valence-electron chi connectivity index (χ0n) is 15.1. The van der Waals surface area contributed by atoms with Crippen LogP contribution in [0.2, 0.25) is 0 Å². The molecule has 1 aromatic rings. The summed E-state index contributed by atoms with van der Waals surface area (Å²) in [6, 6.07) is 3.60. The van der Waals surface area contributed by atoms with Crippen LogP contribution in [0.3, 0.4) is 0 Å². The molecule has 0 aliphatic carbocycles. The molecular weight excluding hydrogens is 310 g/mol. The molecule has 0 fully saturated rings. The molecule has 1 aromatic heterocycles. The lowest BCUT2D eigenvalue weighted by Gasteiger charge is -2.24. The van der Waals surface area contributed by atoms with Crippen molar-refractivity contribution in [1.29, 1.82) is 0 Å². The monoisotopic (exact) mass is 337 g/mol. The minimum atomic E-state index is -0.519. The van der Waals surface area contributed by atoms with Gasteiger partial charge in [-0.2, -0.15) is 0 Å². The predicted octanol–water partition coefficient (Wildman–Crippen LogP) is 2.35.